The summed E-state index contributed by atoms with van der Waals surface area (Å²) in [6.07, 6.45) is -4.43. The summed E-state index contributed by atoms with van der Waals surface area (Å²) in [6.45, 7) is 1.07. The van der Waals surface area contributed by atoms with Gasteiger partial charge in [-0.15, -0.1) is 37.3 Å². The number of thiazole rings is 1. The number of hydrogen-bond donors (Lipinski definition) is 0. The number of halogens is 4. The lowest BCUT2D eigenvalue weighted by Crippen LogP contribution is -2.36. The van der Waals surface area contributed by atoms with Crippen LogP contribution < -0.4 is 9.64 Å². The van der Waals surface area contributed by atoms with Gasteiger partial charge in [-0.2, -0.15) is 0 Å². The van der Waals surface area contributed by atoms with Crippen molar-refractivity contribution in [1.82, 2.24) is 9.88 Å². The van der Waals surface area contributed by atoms with Gasteiger partial charge in [-0.1, -0.05) is 29.5 Å². The first-order valence-corrected chi connectivity index (χ1v) is 11.3. The highest BCUT2D eigenvalue weighted by atomic mass is 35.5. The Balaban J connectivity index is 0.00000363. The number of likely N-dealkylation sites (N-methyl/N-ethyl adjacent to an activating group) is 1. The Kier molecular flexibility index (Phi) is 9.63. The summed E-state index contributed by atoms with van der Waals surface area (Å²) in [6, 6.07) is 13.8. The molecule has 0 aliphatic carbocycles. The molecule has 0 spiro atoms. The molecule has 1 heterocycles. The first-order valence-electron chi connectivity index (χ1n) is 9.50. The molecular formula is C21H23ClF3N3O2S2. The van der Waals surface area contributed by atoms with Gasteiger partial charge >= 0.3 is 6.36 Å². The van der Waals surface area contributed by atoms with Crippen LogP contribution in [0, 0.1) is 0 Å². The van der Waals surface area contributed by atoms with E-state index in [-0.39, 0.29) is 24.1 Å². The quantitative estimate of drug-likeness (QED) is 0.349. The molecule has 0 atom stereocenters. The van der Waals surface area contributed by atoms with Gasteiger partial charge in [0.2, 0.25) is 5.91 Å². The van der Waals surface area contributed by atoms with Crippen LogP contribution in [0.25, 0.3) is 10.2 Å². The summed E-state index contributed by atoms with van der Waals surface area (Å²) in [7, 11) is 3.82. The van der Waals surface area contributed by atoms with Gasteiger partial charge in [0.05, 0.1) is 10.2 Å². The third kappa shape index (κ3) is 7.84. The molecule has 0 N–H and O–H groups in total. The number of thioether (sulfide) groups is 1. The third-order valence-electron chi connectivity index (χ3n) is 4.21. The Labute approximate surface area is 199 Å². The number of alkyl halides is 3. The van der Waals surface area contributed by atoms with E-state index in [9.17, 15) is 18.0 Å². The molecule has 1 aromatic heterocycles. The molecule has 32 heavy (non-hydrogen) atoms. The van der Waals surface area contributed by atoms with E-state index < -0.39 is 6.36 Å². The van der Waals surface area contributed by atoms with Crippen LogP contribution in [0.15, 0.2) is 53.4 Å². The van der Waals surface area contributed by atoms with Gasteiger partial charge in [0, 0.05) is 36.2 Å². The second-order valence-corrected chi connectivity index (χ2v) is 9.11. The molecule has 3 aromatic rings. The minimum absolute atomic E-state index is 0. The Morgan fingerprint density at radius 1 is 1.12 bits per heavy atom. The number of fused-ring (bicyclic) bond motifs is 1. The van der Waals surface area contributed by atoms with Crippen molar-refractivity contribution >= 4 is 56.8 Å². The fourth-order valence-corrected chi connectivity index (χ4v) is 4.64. The Morgan fingerprint density at radius 3 is 2.50 bits per heavy atom. The Hall–Kier alpha value is -2.01. The third-order valence-corrected chi connectivity index (χ3v) is 6.27. The van der Waals surface area contributed by atoms with Crippen molar-refractivity contribution in [3.8, 4) is 5.75 Å². The van der Waals surface area contributed by atoms with Gasteiger partial charge < -0.3 is 9.64 Å². The number of carbonyl (C=O) groups is 1. The molecular weight excluding hydrogens is 483 g/mol. The fourth-order valence-electron chi connectivity index (χ4n) is 2.74. The maximum atomic E-state index is 13.0. The van der Waals surface area contributed by atoms with Gasteiger partial charge in [-0.05, 0) is 38.4 Å². The largest absolute Gasteiger partial charge is 0.573 e. The zero-order valence-corrected chi connectivity index (χ0v) is 19.9. The lowest BCUT2D eigenvalue weighted by atomic mass is 10.3. The van der Waals surface area contributed by atoms with Gasteiger partial charge in [0.15, 0.2) is 5.13 Å². The monoisotopic (exact) mass is 505 g/mol. The van der Waals surface area contributed by atoms with E-state index in [1.807, 2.05) is 49.3 Å². The molecule has 3 rings (SSSR count). The van der Waals surface area contributed by atoms with Crippen LogP contribution in [0.3, 0.4) is 0 Å². The minimum Gasteiger partial charge on any atom is -0.406 e. The van der Waals surface area contributed by atoms with E-state index in [0.717, 1.165) is 4.90 Å². The highest BCUT2D eigenvalue weighted by Gasteiger charge is 2.31. The maximum absolute atomic E-state index is 13.0. The topological polar surface area (TPSA) is 45.7 Å². The van der Waals surface area contributed by atoms with Crippen LogP contribution in [0.4, 0.5) is 18.3 Å². The molecule has 0 radical (unpaired) electrons. The maximum Gasteiger partial charge on any atom is 0.573 e. The zero-order chi connectivity index (χ0) is 22.4. The van der Waals surface area contributed by atoms with Crippen molar-refractivity contribution in [2.45, 2.75) is 17.7 Å². The average molecular weight is 506 g/mol. The molecule has 2 aromatic carbocycles. The van der Waals surface area contributed by atoms with E-state index in [0.29, 0.717) is 40.6 Å². The van der Waals surface area contributed by atoms with Crippen molar-refractivity contribution in [3.63, 3.8) is 0 Å². The first-order chi connectivity index (χ1) is 14.7. The lowest BCUT2D eigenvalue weighted by molar-refractivity contribution is -0.274. The zero-order valence-electron chi connectivity index (χ0n) is 17.5. The summed E-state index contributed by atoms with van der Waals surface area (Å²) >= 11 is 2.78. The molecule has 0 aliphatic rings. The second kappa shape index (κ2) is 11.7. The summed E-state index contributed by atoms with van der Waals surface area (Å²) in [5, 5.41) is 0.468. The van der Waals surface area contributed by atoms with E-state index in [2.05, 4.69) is 9.72 Å². The molecule has 0 aliphatic heterocycles. The molecule has 0 unspecified atom stereocenters. The predicted molar refractivity (Wildman–Crippen MR) is 126 cm³/mol. The van der Waals surface area contributed by atoms with Crippen LogP contribution >= 0.6 is 35.5 Å². The normalized spacial score (nSPS) is 11.4. The van der Waals surface area contributed by atoms with Crippen LogP contribution in [0.2, 0.25) is 0 Å². The highest BCUT2D eigenvalue weighted by molar-refractivity contribution is 7.99. The molecule has 0 saturated carbocycles. The molecule has 1 amide bonds. The number of hydrogen-bond acceptors (Lipinski definition) is 6. The molecule has 0 saturated heterocycles. The van der Waals surface area contributed by atoms with Crippen LogP contribution in [0.1, 0.15) is 6.42 Å². The average Bonchev–Trinajstić information content (AvgIpc) is 3.10. The molecule has 11 heteroatoms. The number of nitrogens with zero attached hydrogens (tertiary/aromatic N) is 3. The number of benzene rings is 2. The van der Waals surface area contributed by atoms with Crippen molar-refractivity contribution < 1.29 is 22.7 Å². The molecule has 0 bridgehead atoms. The summed E-state index contributed by atoms with van der Waals surface area (Å²) in [5.74, 6) is 0.243. The number of ether oxygens (including phenoxy) is 1. The highest BCUT2D eigenvalue weighted by Crippen LogP contribution is 2.33. The summed E-state index contributed by atoms with van der Waals surface area (Å²) < 4.78 is 42.0. The number of amides is 1. The Bertz CT molecular complexity index is 1020. The van der Waals surface area contributed by atoms with Gasteiger partial charge in [0.25, 0.3) is 0 Å². The number of aromatic nitrogens is 1. The number of rotatable bonds is 9. The van der Waals surface area contributed by atoms with Crippen molar-refractivity contribution in [1.29, 1.82) is 0 Å². The fraction of sp³-hybridized carbons (Fsp3) is 0.333. The van der Waals surface area contributed by atoms with E-state index in [1.54, 1.807) is 16.7 Å². The summed E-state index contributed by atoms with van der Waals surface area (Å²) in [5.41, 5.74) is 0.524. The van der Waals surface area contributed by atoms with Crippen LogP contribution in [-0.2, 0) is 4.79 Å². The second-order valence-electron chi connectivity index (χ2n) is 6.93. The minimum atomic E-state index is -4.76. The van der Waals surface area contributed by atoms with E-state index in [1.165, 1.54) is 29.5 Å². The van der Waals surface area contributed by atoms with Crippen LogP contribution in [0.5, 0.6) is 5.75 Å². The molecule has 5 nitrogen and oxygen atoms in total. The van der Waals surface area contributed by atoms with Crippen LogP contribution in [-0.4, -0.2) is 55.1 Å². The van der Waals surface area contributed by atoms with Crippen molar-refractivity contribution in [2.24, 2.45) is 0 Å². The van der Waals surface area contributed by atoms with E-state index in [4.69, 9.17) is 0 Å². The molecule has 0 fully saturated rings. The van der Waals surface area contributed by atoms with Gasteiger partial charge in [0.1, 0.15) is 5.75 Å². The number of carbonyl (C=O) groups excluding carboxylic acids is 1. The van der Waals surface area contributed by atoms with Crippen molar-refractivity contribution in [3.05, 3.63) is 48.5 Å². The van der Waals surface area contributed by atoms with Gasteiger partial charge in [-0.25, -0.2) is 4.98 Å². The SMILES string of the molecule is CN(C)CCN(C(=O)CCSc1ccccc1)c1nc2ccc(OC(F)(F)F)cc2s1.Cl. The predicted octanol–water partition coefficient (Wildman–Crippen LogP) is 5.69. The van der Waals surface area contributed by atoms with Crippen molar-refractivity contribution in [2.75, 3.05) is 37.8 Å². The Morgan fingerprint density at radius 2 is 1.84 bits per heavy atom. The summed E-state index contributed by atoms with van der Waals surface area (Å²) in [4.78, 5) is 22.1. The first kappa shape index (κ1) is 26.2. The van der Waals surface area contributed by atoms with E-state index >= 15 is 0 Å². The van der Waals surface area contributed by atoms with Gasteiger partial charge in [-0.3, -0.25) is 9.69 Å². The lowest BCUT2D eigenvalue weighted by Gasteiger charge is -2.22. The molecule has 174 valence electrons. The number of anilines is 1. The smallest absolute Gasteiger partial charge is 0.406 e. The standard InChI is InChI=1S/C21H22F3N3O2S2.ClH/c1-26(2)11-12-27(19(28)10-13-30-16-6-4-3-5-7-16)20-25-17-9-8-15(14-18(17)31-20)29-21(22,23)24;/h3-9,14H,10-13H2,1-2H3;1H.